The minimum absolute atomic E-state index is 0.0774. The lowest BCUT2D eigenvalue weighted by molar-refractivity contribution is -0.136. The van der Waals surface area contributed by atoms with Gasteiger partial charge in [0.05, 0.1) is 12.0 Å². The Kier molecular flexibility index (Phi) is 5.08. The zero-order valence-corrected chi connectivity index (χ0v) is 14.2. The van der Waals surface area contributed by atoms with E-state index in [9.17, 15) is 14.3 Å². The Morgan fingerprint density at radius 2 is 1.84 bits per heavy atom. The topological polar surface area (TPSA) is 66.3 Å². The van der Waals surface area contributed by atoms with E-state index in [-0.39, 0.29) is 18.1 Å². The van der Waals surface area contributed by atoms with Gasteiger partial charge in [0.25, 0.3) is 0 Å². The molecule has 1 N–H and O–H groups in total. The molecule has 1 heterocycles. The normalized spacial score (nSPS) is 17.2. The highest BCUT2D eigenvalue weighted by Gasteiger charge is 2.36. The Labute approximate surface area is 146 Å². The molecule has 0 spiro atoms. The number of amides is 1. The van der Waals surface area contributed by atoms with Crippen LogP contribution in [0, 0.1) is 5.82 Å². The summed E-state index contributed by atoms with van der Waals surface area (Å²) in [5.41, 5.74) is -0.196. The average Bonchev–Trinajstić information content (AvgIpc) is 3.04. The van der Waals surface area contributed by atoms with Crippen molar-refractivity contribution < 1.29 is 14.3 Å². The molecule has 132 valence electrons. The van der Waals surface area contributed by atoms with Crippen molar-refractivity contribution in [2.45, 2.75) is 43.7 Å². The predicted octanol–water partition coefficient (Wildman–Crippen LogP) is 2.86. The lowest BCUT2D eigenvalue weighted by Crippen LogP contribution is -2.38. The van der Waals surface area contributed by atoms with Gasteiger partial charge in [0.15, 0.2) is 5.82 Å². The molecule has 0 saturated heterocycles. The molecule has 1 amide bonds. The van der Waals surface area contributed by atoms with Crippen LogP contribution < -0.4 is 0 Å². The van der Waals surface area contributed by atoms with Crippen LogP contribution in [0.25, 0.3) is 0 Å². The Morgan fingerprint density at radius 1 is 1.24 bits per heavy atom. The van der Waals surface area contributed by atoms with Gasteiger partial charge in [-0.15, -0.1) is 0 Å². The number of aliphatic hydroxyl groups is 1. The Balaban J connectivity index is 1.88. The van der Waals surface area contributed by atoms with E-state index in [1.54, 1.807) is 42.5 Å². The van der Waals surface area contributed by atoms with Crippen molar-refractivity contribution >= 4 is 5.91 Å². The number of hydrogen-bond donors (Lipinski definition) is 1. The number of aromatic nitrogens is 2. The largest absolute Gasteiger partial charge is 0.389 e. The molecule has 1 aliphatic rings. The molecule has 6 heteroatoms. The summed E-state index contributed by atoms with van der Waals surface area (Å²) in [6, 6.07) is 7.14. The molecule has 1 aliphatic carbocycles. The lowest BCUT2D eigenvalue weighted by Gasteiger charge is -2.30. The third-order valence-electron chi connectivity index (χ3n) is 4.81. The maximum Gasteiger partial charge on any atom is 0.226 e. The van der Waals surface area contributed by atoms with Crippen LogP contribution in [-0.2, 0) is 4.79 Å². The summed E-state index contributed by atoms with van der Waals surface area (Å²) >= 11 is 0. The number of carbonyl (C=O) groups excluding carboxylic acids is 1. The predicted molar refractivity (Wildman–Crippen MR) is 91.1 cm³/mol. The Morgan fingerprint density at radius 3 is 2.44 bits per heavy atom. The van der Waals surface area contributed by atoms with Gasteiger partial charge in [-0.1, -0.05) is 25.0 Å². The second-order valence-electron chi connectivity index (χ2n) is 6.67. The standard InChI is InChI=1S/C19H22FN3O2/c1-23(16(24)13-19(25)9-2-3-10-19)17(18-21-11-4-12-22-18)14-5-7-15(20)8-6-14/h4-8,11-12,17,25H,2-3,9-10,13H2,1H3/t17-/m0/s1. The second kappa shape index (κ2) is 7.27. The maximum atomic E-state index is 13.3. The molecule has 1 aromatic carbocycles. The molecule has 1 fully saturated rings. The molecular formula is C19H22FN3O2. The molecule has 0 bridgehead atoms. The fourth-order valence-corrected chi connectivity index (χ4v) is 3.40. The van der Waals surface area contributed by atoms with Gasteiger partial charge in [-0.25, -0.2) is 14.4 Å². The van der Waals surface area contributed by atoms with Crippen molar-refractivity contribution in [3.8, 4) is 0 Å². The van der Waals surface area contributed by atoms with Gasteiger partial charge >= 0.3 is 0 Å². The second-order valence-corrected chi connectivity index (χ2v) is 6.67. The molecule has 3 rings (SSSR count). The summed E-state index contributed by atoms with van der Waals surface area (Å²) in [5.74, 6) is -0.0553. The van der Waals surface area contributed by atoms with Crippen LogP contribution in [0.5, 0.6) is 0 Å². The van der Waals surface area contributed by atoms with Crippen LogP contribution in [-0.4, -0.2) is 38.5 Å². The molecule has 25 heavy (non-hydrogen) atoms. The summed E-state index contributed by atoms with van der Waals surface area (Å²) in [7, 11) is 1.67. The fraction of sp³-hybridized carbons (Fsp3) is 0.421. The molecule has 0 aliphatic heterocycles. The zero-order valence-electron chi connectivity index (χ0n) is 14.2. The van der Waals surface area contributed by atoms with Gasteiger partial charge < -0.3 is 10.0 Å². The van der Waals surface area contributed by atoms with E-state index in [0.29, 0.717) is 18.7 Å². The molecular weight excluding hydrogens is 321 g/mol. The van der Waals surface area contributed by atoms with Crippen LogP contribution in [0.15, 0.2) is 42.7 Å². The van der Waals surface area contributed by atoms with Crippen LogP contribution in [0.4, 0.5) is 4.39 Å². The monoisotopic (exact) mass is 343 g/mol. The Bertz CT molecular complexity index is 715. The van der Waals surface area contributed by atoms with Crippen molar-refractivity contribution in [1.29, 1.82) is 0 Å². The van der Waals surface area contributed by atoms with Crippen molar-refractivity contribution in [3.63, 3.8) is 0 Å². The lowest BCUT2D eigenvalue weighted by atomic mass is 9.96. The smallest absolute Gasteiger partial charge is 0.226 e. The summed E-state index contributed by atoms with van der Waals surface area (Å²) in [4.78, 5) is 22.9. The summed E-state index contributed by atoms with van der Waals surface area (Å²) in [5, 5.41) is 10.5. The molecule has 1 saturated carbocycles. The summed E-state index contributed by atoms with van der Waals surface area (Å²) in [6.07, 6.45) is 6.48. The van der Waals surface area contributed by atoms with E-state index in [4.69, 9.17) is 0 Å². The first-order valence-electron chi connectivity index (χ1n) is 8.49. The van der Waals surface area contributed by atoms with E-state index in [0.717, 1.165) is 18.4 Å². The highest BCUT2D eigenvalue weighted by molar-refractivity contribution is 5.78. The van der Waals surface area contributed by atoms with E-state index in [1.807, 2.05) is 0 Å². The highest BCUT2D eigenvalue weighted by Crippen LogP contribution is 2.34. The van der Waals surface area contributed by atoms with Crippen molar-refractivity contribution in [2.24, 2.45) is 0 Å². The first kappa shape index (κ1) is 17.5. The Hall–Kier alpha value is -2.34. The van der Waals surface area contributed by atoms with E-state index >= 15 is 0 Å². The fourth-order valence-electron chi connectivity index (χ4n) is 3.40. The number of hydrogen-bond acceptors (Lipinski definition) is 4. The van der Waals surface area contributed by atoms with Gasteiger partial charge in [-0.05, 0) is 36.6 Å². The summed E-state index contributed by atoms with van der Waals surface area (Å²) in [6.45, 7) is 0. The van der Waals surface area contributed by atoms with Gasteiger partial charge in [0.1, 0.15) is 11.9 Å². The molecule has 0 radical (unpaired) electrons. The summed E-state index contributed by atoms with van der Waals surface area (Å²) < 4.78 is 13.3. The highest BCUT2D eigenvalue weighted by atomic mass is 19.1. The van der Waals surface area contributed by atoms with Gasteiger partial charge in [-0.2, -0.15) is 0 Å². The first-order chi connectivity index (χ1) is 12.0. The SMILES string of the molecule is CN(C(=O)CC1(O)CCCC1)[C@@H](c1ccc(F)cc1)c1ncccn1. The third-order valence-corrected chi connectivity index (χ3v) is 4.81. The van der Waals surface area contributed by atoms with Crippen LogP contribution in [0.3, 0.4) is 0 Å². The zero-order chi connectivity index (χ0) is 17.9. The average molecular weight is 343 g/mol. The minimum Gasteiger partial charge on any atom is -0.389 e. The molecule has 5 nitrogen and oxygen atoms in total. The number of carbonyl (C=O) groups is 1. The quantitative estimate of drug-likeness (QED) is 0.906. The van der Waals surface area contributed by atoms with Crippen molar-refractivity contribution in [2.75, 3.05) is 7.05 Å². The van der Waals surface area contributed by atoms with Gasteiger partial charge in [-0.3, -0.25) is 4.79 Å². The third kappa shape index (κ3) is 4.02. The number of rotatable bonds is 5. The number of benzene rings is 1. The van der Waals surface area contributed by atoms with Crippen LogP contribution in [0.1, 0.15) is 49.5 Å². The molecule has 0 unspecified atom stereocenters. The van der Waals surface area contributed by atoms with E-state index in [2.05, 4.69) is 9.97 Å². The minimum atomic E-state index is -0.920. The van der Waals surface area contributed by atoms with E-state index < -0.39 is 11.6 Å². The van der Waals surface area contributed by atoms with Crippen LogP contribution in [0.2, 0.25) is 0 Å². The molecule has 1 aromatic heterocycles. The maximum absolute atomic E-state index is 13.3. The molecule has 1 atom stereocenters. The van der Waals surface area contributed by atoms with Gasteiger partial charge in [0.2, 0.25) is 5.91 Å². The van der Waals surface area contributed by atoms with Gasteiger partial charge in [0, 0.05) is 19.4 Å². The van der Waals surface area contributed by atoms with Crippen molar-refractivity contribution in [1.82, 2.24) is 14.9 Å². The van der Waals surface area contributed by atoms with E-state index in [1.165, 1.54) is 12.1 Å². The van der Waals surface area contributed by atoms with Crippen LogP contribution >= 0.6 is 0 Å². The molecule has 2 aromatic rings. The van der Waals surface area contributed by atoms with Crippen molar-refractivity contribution in [3.05, 3.63) is 59.9 Å². The number of halogens is 1. The number of nitrogens with zero attached hydrogens (tertiary/aromatic N) is 3. The first-order valence-corrected chi connectivity index (χ1v) is 8.49.